The number of aliphatic carboxylic acids is 1. The Hall–Kier alpha value is -1.39. The van der Waals surface area contributed by atoms with Gasteiger partial charge in [-0.05, 0) is 25.3 Å². The Bertz CT molecular complexity index is 286. The number of aliphatic hydroxyl groups excluding tert-OH is 1. The van der Waals surface area contributed by atoms with Gasteiger partial charge in [0, 0.05) is 6.61 Å². The van der Waals surface area contributed by atoms with E-state index in [1.807, 2.05) is 18.2 Å². The summed E-state index contributed by atoms with van der Waals surface area (Å²) < 4.78 is 0. The van der Waals surface area contributed by atoms with Crippen molar-refractivity contribution in [1.82, 2.24) is 0 Å². The summed E-state index contributed by atoms with van der Waals surface area (Å²) in [5, 5.41) is 16.4. The Balaban J connectivity index is 0.000000325. The van der Waals surface area contributed by atoms with E-state index in [1.165, 1.54) is 12.5 Å². The highest BCUT2D eigenvalue weighted by molar-refractivity contribution is 5.72. The van der Waals surface area contributed by atoms with Crippen LogP contribution in [0, 0.1) is 0 Å². The quantitative estimate of drug-likeness (QED) is 0.714. The monoisotopic (exact) mass is 225 g/mol. The largest absolute Gasteiger partial charge is 0.480 e. The minimum atomic E-state index is -0.963. The zero-order valence-electron chi connectivity index (χ0n) is 9.47. The number of aliphatic hydroxyl groups is 1. The second-order valence-electron chi connectivity index (χ2n) is 3.44. The van der Waals surface area contributed by atoms with E-state index in [-0.39, 0.29) is 6.61 Å². The van der Waals surface area contributed by atoms with E-state index >= 15 is 0 Å². The fourth-order valence-electron chi connectivity index (χ4n) is 0.928. The SMILES string of the molecule is CC(N)C(=O)O.OCCCc1ccccc1. The molecule has 0 aliphatic rings. The molecule has 0 fully saturated rings. The molecular formula is C12H19NO3. The molecule has 0 amide bonds. The Labute approximate surface area is 95.7 Å². The summed E-state index contributed by atoms with van der Waals surface area (Å²) in [5.74, 6) is -0.963. The molecule has 0 saturated carbocycles. The molecule has 1 unspecified atom stereocenters. The van der Waals surface area contributed by atoms with Gasteiger partial charge >= 0.3 is 5.97 Å². The van der Waals surface area contributed by atoms with Crippen molar-refractivity contribution in [3.63, 3.8) is 0 Å². The molecule has 4 nitrogen and oxygen atoms in total. The van der Waals surface area contributed by atoms with E-state index in [1.54, 1.807) is 0 Å². The third-order valence-electron chi connectivity index (χ3n) is 1.86. The predicted octanol–water partition coefficient (Wildman–Crippen LogP) is 1.03. The third kappa shape index (κ3) is 7.96. The van der Waals surface area contributed by atoms with Crippen molar-refractivity contribution in [2.24, 2.45) is 5.73 Å². The van der Waals surface area contributed by atoms with Gasteiger partial charge in [-0.15, -0.1) is 0 Å². The van der Waals surface area contributed by atoms with E-state index in [0.717, 1.165) is 12.8 Å². The van der Waals surface area contributed by atoms with Crippen LogP contribution in [-0.4, -0.2) is 28.8 Å². The first-order valence-electron chi connectivity index (χ1n) is 5.21. The number of benzene rings is 1. The van der Waals surface area contributed by atoms with Crippen LogP contribution in [0.15, 0.2) is 30.3 Å². The molecule has 4 heteroatoms. The molecule has 4 N–H and O–H groups in total. The molecule has 1 rings (SSSR count). The Morgan fingerprint density at radius 1 is 1.38 bits per heavy atom. The number of nitrogens with two attached hydrogens (primary N) is 1. The highest BCUT2D eigenvalue weighted by atomic mass is 16.4. The Morgan fingerprint density at radius 3 is 2.25 bits per heavy atom. The average Bonchev–Trinajstić information content (AvgIpc) is 2.28. The summed E-state index contributed by atoms with van der Waals surface area (Å²) in [7, 11) is 0. The summed E-state index contributed by atoms with van der Waals surface area (Å²) in [6.45, 7) is 1.71. The highest BCUT2D eigenvalue weighted by Gasteiger charge is 1.99. The molecule has 1 aromatic carbocycles. The fourth-order valence-corrected chi connectivity index (χ4v) is 0.928. The summed E-state index contributed by atoms with van der Waals surface area (Å²) in [6, 6.07) is 9.47. The first-order chi connectivity index (χ1) is 7.57. The first-order valence-corrected chi connectivity index (χ1v) is 5.21. The van der Waals surface area contributed by atoms with Crippen LogP contribution in [0.25, 0.3) is 0 Å². The van der Waals surface area contributed by atoms with Crippen LogP contribution in [0.1, 0.15) is 18.9 Å². The smallest absolute Gasteiger partial charge is 0.320 e. The van der Waals surface area contributed by atoms with Crippen molar-refractivity contribution in [3.05, 3.63) is 35.9 Å². The topological polar surface area (TPSA) is 83.6 Å². The molecular weight excluding hydrogens is 206 g/mol. The summed E-state index contributed by atoms with van der Waals surface area (Å²) in [5.41, 5.74) is 6.14. The van der Waals surface area contributed by atoms with Gasteiger partial charge in [0.1, 0.15) is 6.04 Å². The molecule has 0 bridgehead atoms. The van der Waals surface area contributed by atoms with Crippen LogP contribution in [-0.2, 0) is 11.2 Å². The van der Waals surface area contributed by atoms with Crippen molar-refractivity contribution < 1.29 is 15.0 Å². The van der Waals surface area contributed by atoms with E-state index in [0.29, 0.717) is 0 Å². The van der Waals surface area contributed by atoms with Gasteiger partial charge in [0.15, 0.2) is 0 Å². The number of hydrogen-bond acceptors (Lipinski definition) is 3. The predicted molar refractivity (Wildman–Crippen MR) is 63.1 cm³/mol. The summed E-state index contributed by atoms with van der Waals surface area (Å²) in [4.78, 5) is 9.57. The van der Waals surface area contributed by atoms with Gasteiger partial charge in [0.25, 0.3) is 0 Å². The van der Waals surface area contributed by atoms with Crippen LogP contribution in [0.4, 0.5) is 0 Å². The van der Waals surface area contributed by atoms with Crippen molar-refractivity contribution in [2.75, 3.05) is 6.61 Å². The number of carboxylic acid groups (broad SMARTS) is 1. The molecule has 0 radical (unpaired) electrons. The molecule has 1 atom stereocenters. The van der Waals surface area contributed by atoms with E-state index in [2.05, 4.69) is 12.1 Å². The molecule has 0 saturated heterocycles. The first kappa shape index (κ1) is 14.6. The van der Waals surface area contributed by atoms with Crippen molar-refractivity contribution in [1.29, 1.82) is 0 Å². The number of aryl methyl sites for hydroxylation is 1. The molecule has 0 aromatic heterocycles. The molecule has 0 aliphatic carbocycles. The average molecular weight is 225 g/mol. The molecule has 1 aromatic rings. The molecule has 16 heavy (non-hydrogen) atoms. The lowest BCUT2D eigenvalue weighted by Crippen LogP contribution is -2.25. The standard InChI is InChI=1S/C9H12O.C3H7NO2/c10-8-4-7-9-5-2-1-3-6-9;1-2(4)3(5)6/h1-3,5-6,10H,4,7-8H2;2H,4H2,1H3,(H,5,6). The van der Waals surface area contributed by atoms with Crippen LogP contribution in [0.5, 0.6) is 0 Å². The van der Waals surface area contributed by atoms with Crippen LogP contribution < -0.4 is 5.73 Å². The maximum absolute atomic E-state index is 9.57. The Kier molecular flexibility index (Phi) is 8.11. The molecule has 0 heterocycles. The van der Waals surface area contributed by atoms with Gasteiger partial charge in [-0.25, -0.2) is 0 Å². The highest BCUT2D eigenvalue weighted by Crippen LogP contribution is 2.00. The zero-order chi connectivity index (χ0) is 12.4. The zero-order valence-corrected chi connectivity index (χ0v) is 9.47. The maximum Gasteiger partial charge on any atom is 0.320 e. The van der Waals surface area contributed by atoms with Crippen LogP contribution >= 0.6 is 0 Å². The third-order valence-corrected chi connectivity index (χ3v) is 1.86. The van der Waals surface area contributed by atoms with Crippen molar-refractivity contribution in [2.45, 2.75) is 25.8 Å². The van der Waals surface area contributed by atoms with Gasteiger partial charge in [0.2, 0.25) is 0 Å². The molecule has 0 spiro atoms. The van der Waals surface area contributed by atoms with Crippen molar-refractivity contribution >= 4 is 5.97 Å². The lowest BCUT2D eigenvalue weighted by Gasteiger charge is -1.96. The van der Waals surface area contributed by atoms with Crippen LogP contribution in [0.2, 0.25) is 0 Å². The number of carbonyl (C=O) groups is 1. The van der Waals surface area contributed by atoms with Gasteiger partial charge < -0.3 is 15.9 Å². The Morgan fingerprint density at radius 2 is 1.88 bits per heavy atom. The van der Waals surface area contributed by atoms with Crippen molar-refractivity contribution in [3.8, 4) is 0 Å². The molecule has 0 aliphatic heterocycles. The number of carboxylic acids is 1. The van der Waals surface area contributed by atoms with E-state index in [4.69, 9.17) is 15.9 Å². The lowest BCUT2D eigenvalue weighted by molar-refractivity contribution is -0.138. The minimum Gasteiger partial charge on any atom is -0.480 e. The summed E-state index contributed by atoms with van der Waals surface area (Å²) in [6.07, 6.45) is 1.85. The van der Waals surface area contributed by atoms with Gasteiger partial charge in [-0.2, -0.15) is 0 Å². The van der Waals surface area contributed by atoms with Gasteiger partial charge in [-0.1, -0.05) is 30.3 Å². The van der Waals surface area contributed by atoms with Gasteiger partial charge in [-0.3, -0.25) is 4.79 Å². The number of rotatable bonds is 4. The molecule has 90 valence electrons. The minimum absolute atomic E-state index is 0.287. The normalized spacial score (nSPS) is 11.2. The second kappa shape index (κ2) is 8.88. The lowest BCUT2D eigenvalue weighted by atomic mass is 10.1. The fraction of sp³-hybridized carbons (Fsp3) is 0.417. The van der Waals surface area contributed by atoms with E-state index < -0.39 is 12.0 Å². The summed E-state index contributed by atoms with van der Waals surface area (Å²) >= 11 is 0. The second-order valence-corrected chi connectivity index (χ2v) is 3.44. The van der Waals surface area contributed by atoms with E-state index in [9.17, 15) is 4.79 Å². The maximum atomic E-state index is 9.57. The number of hydrogen-bond donors (Lipinski definition) is 3. The van der Waals surface area contributed by atoms with Crippen LogP contribution in [0.3, 0.4) is 0 Å². The van der Waals surface area contributed by atoms with Gasteiger partial charge in [0.05, 0.1) is 0 Å².